The third kappa shape index (κ3) is 4.10. The highest BCUT2D eigenvalue weighted by Crippen LogP contribution is 2.15. The molecule has 1 amide bonds. The quantitative estimate of drug-likeness (QED) is 0.680. The van der Waals surface area contributed by atoms with Crippen LogP contribution >= 0.6 is 0 Å². The number of nitrogens with zero attached hydrogens (tertiary/aromatic N) is 2. The summed E-state index contributed by atoms with van der Waals surface area (Å²) < 4.78 is 1.86. The molecule has 0 aliphatic heterocycles. The van der Waals surface area contributed by atoms with Crippen molar-refractivity contribution in [2.24, 2.45) is 7.05 Å². The number of benzene rings is 1. The Labute approximate surface area is 137 Å². The van der Waals surface area contributed by atoms with E-state index in [0.717, 1.165) is 17.7 Å². The van der Waals surface area contributed by atoms with E-state index in [1.807, 2.05) is 55.1 Å². The second-order valence-electron chi connectivity index (χ2n) is 5.50. The Hall–Kier alpha value is -2.80. The van der Waals surface area contributed by atoms with Crippen molar-refractivity contribution in [3.8, 4) is 6.07 Å². The number of rotatable bonds is 5. The third-order valence-corrected chi connectivity index (χ3v) is 3.88. The zero-order valence-corrected chi connectivity index (χ0v) is 13.7. The molecule has 1 N–H and O–H groups in total. The fourth-order valence-electron chi connectivity index (χ4n) is 2.32. The maximum absolute atomic E-state index is 12.3. The topological polar surface area (TPSA) is 57.8 Å². The molecule has 0 aliphatic rings. The molecule has 2 rings (SSSR count). The lowest BCUT2D eigenvalue weighted by molar-refractivity contribution is -0.117. The van der Waals surface area contributed by atoms with Gasteiger partial charge in [0.2, 0.25) is 0 Å². The van der Waals surface area contributed by atoms with E-state index in [-0.39, 0.29) is 17.5 Å². The van der Waals surface area contributed by atoms with Gasteiger partial charge in [-0.3, -0.25) is 4.79 Å². The van der Waals surface area contributed by atoms with Gasteiger partial charge in [0.05, 0.1) is 6.04 Å². The van der Waals surface area contributed by atoms with Gasteiger partial charge in [-0.2, -0.15) is 5.26 Å². The first-order valence-corrected chi connectivity index (χ1v) is 7.68. The molecule has 2 aromatic rings. The van der Waals surface area contributed by atoms with Crippen molar-refractivity contribution in [2.75, 3.05) is 0 Å². The van der Waals surface area contributed by atoms with Crippen LogP contribution in [0.4, 0.5) is 0 Å². The molecule has 0 spiro atoms. The number of carbonyl (C=O) groups excluding carboxylic acids is 1. The molecule has 1 aromatic carbocycles. The predicted molar refractivity (Wildman–Crippen MR) is 91.4 cm³/mol. The van der Waals surface area contributed by atoms with E-state index in [1.54, 1.807) is 6.08 Å². The average Bonchev–Trinajstić information content (AvgIpc) is 2.97. The number of carbonyl (C=O) groups is 1. The highest BCUT2D eigenvalue weighted by Gasteiger charge is 2.14. The first-order valence-electron chi connectivity index (χ1n) is 7.68. The zero-order valence-electron chi connectivity index (χ0n) is 13.7. The summed E-state index contributed by atoms with van der Waals surface area (Å²) in [6.07, 6.45) is 4.46. The van der Waals surface area contributed by atoms with Gasteiger partial charge in [0, 0.05) is 18.9 Å². The smallest absolute Gasteiger partial charge is 0.262 e. The van der Waals surface area contributed by atoms with Gasteiger partial charge in [-0.1, -0.05) is 31.2 Å². The Kier molecular flexibility index (Phi) is 5.37. The standard InChI is InChI=1S/C19H21N3O/c1-4-15-7-9-16(10-8-15)14(2)21-19(23)17(13-20)12-18-6-5-11-22(18)3/h5-12,14H,4H2,1-3H3,(H,21,23)/b17-12-/t14-/m0/s1. The minimum atomic E-state index is -0.360. The van der Waals surface area contributed by atoms with Crippen LogP contribution in [0.3, 0.4) is 0 Å². The first kappa shape index (κ1) is 16.6. The molecule has 0 bridgehead atoms. The first-order chi connectivity index (χ1) is 11.0. The van der Waals surface area contributed by atoms with Crippen molar-refractivity contribution in [1.82, 2.24) is 9.88 Å². The van der Waals surface area contributed by atoms with Gasteiger partial charge in [-0.05, 0) is 42.7 Å². The molecule has 23 heavy (non-hydrogen) atoms. The van der Waals surface area contributed by atoms with E-state index >= 15 is 0 Å². The van der Waals surface area contributed by atoms with E-state index in [1.165, 1.54) is 5.56 Å². The maximum atomic E-state index is 12.3. The minimum absolute atomic E-state index is 0.101. The van der Waals surface area contributed by atoms with Crippen molar-refractivity contribution in [1.29, 1.82) is 5.26 Å². The highest BCUT2D eigenvalue weighted by atomic mass is 16.1. The number of amides is 1. The third-order valence-electron chi connectivity index (χ3n) is 3.88. The number of aryl methyl sites for hydroxylation is 2. The number of hydrogen-bond donors (Lipinski definition) is 1. The van der Waals surface area contributed by atoms with Crippen LogP contribution in [0, 0.1) is 11.3 Å². The van der Waals surface area contributed by atoms with Gasteiger partial charge in [0.15, 0.2) is 0 Å². The molecule has 1 atom stereocenters. The zero-order chi connectivity index (χ0) is 16.8. The summed E-state index contributed by atoms with van der Waals surface area (Å²) in [6, 6.07) is 13.7. The lowest BCUT2D eigenvalue weighted by Crippen LogP contribution is -2.27. The molecule has 1 heterocycles. The van der Waals surface area contributed by atoms with E-state index in [2.05, 4.69) is 24.4 Å². The van der Waals surface area contributed by atoms with Gasteiger partial charge in [0.25, 0.3) is 5.91 Å². The normalized spacial score (nSPS) is 12.5. The molecule has 0 fully saturated rings. The van der Waals surface area contributed by atoms with Crippen LogP contribution < -0.4 is 5.32 Å². The van der Waals surface area contributed by atoms with Crippen molar-refractivity contribution >= 4 is 12.0 Å². The Morgan fingerprint density at radius 2 is 2.04 bits per heavy atom. The summed E-state index contributed by atoms with van der Waals surface area (Å²) >= 11 is 0. The van der Waals surface area contributed by atoms with E-state index in [4.69, 9.17) is 0 Å². The number of nitriles is 1. The van der Waals surface area contributed by atoms with E-state index < -0.39 is 0 Å². The van der Waals surface area contributed by atoms with Crippen molar-refractivity contribution in [3.63, 3.8) is 0 Å². The molecule has 1 aromatic heterocycles. The molecular weight excluding hydrogens is 286 g/mol. The van der Waals surface area contributed by atoms with Crippen molar-refractivity contribution < 1.29 is 4.79 Å². The van der Waals surface area contributed by atoms with Gasteiger partial charge in [-0.15, -0.1) is 0 Å². The fourth-order valence-corrected chi connectivity index (χ4v) is 2.32. The summed E-state index contributed by atoms with van der Waals surface area (Å²) in [5.74, 6) is -0.360. The van der Waals surface area contributed by atoms with Crippen LogP contribution in [0.2, 0.25) is 0 Å². The van der Waals surface area contributed by atoms with E-state index in [0.29, 0.717) is 0 Å². The SMILES string of the molecule is CCc1ccc([C@H](C)NC(=O)/C(C#N)=C\c2cccn2C)cc1. The molecular formula is C19H21N3O. The molecule has 0 saturated heterocycles. The summed E-state index contributed by atoms with van der Waals surface area (Å²) in [6.45, 7) is 4.02. The molecule has 4 nitrogen and oxygen atoms in total. The summed E-state index contributed by atoms with van der Waals surface area (Å²) in [4.78, 5) is 12.3. The molecule has 0 unspecified atom stereocenters. The van der Waals surface area contributed by atoms with Gasteiger partial charge >= 0.3 is 0 Å². The van der Waals surface area contributed by atoms with Crippen molar-refractivity contribution in [2.45, 2.75) is 26.3 Å². The number of aromatic nitrogens is 1. The van der Waals surface area contributed by atoms with Gasteiger partial charge in [-0.25, -0.2) is 0 Å². The lowest BCUT2D eigenvalue weighted by Gasteiger charge is -2.14. The predicted octanol–water partition coefficient (Wildman–Crippen LogP) is 3.37. The van der Waals surface area contributed by atoms with Crippen LogP contribution in [0.15, 0.2) is 48.2 Å². The summed E-state index contributed by atoms with van der Waals surface area (Å²) in [5.41, 5.74) is 3.20. The highest BCUT2D eigenvalue weighted by molar-refractivity contribution is 6.01. The van der Waals surface area contributed by atoms with Crippen molar-refractivity contribution in [3.05, 3.63) is 65.0 Å². The Morgan fingerprint density at radius 1 is 1.35 bits per heavy atom. The summed E-state index contributed by atoms with van der Waals surface area (Å²) in [7, 11) is 1.87. The number of hydrogen-bond acceptors (Lipinski definition) is 2. The van der Waals surface area contributed by atoms with E-state index in [9.17, 15) is 10.1 Å². The second kappa shape index (κ2) is 7.46. The maximum Gasteiger partial charge on any atom is 0.262 e. The van der Waals surface area contributed by atoms with Crippen LogP contribution in [-0.2, 0) is 18.3 Å². The Bertz CT molecular complexity index is 748. The van der Waals surface area contributed by atoms with Crippen LogP contribution in [-0.4, -0.2) is 10.5 Å². The lowest BCUT2D eigenvalue weighted by atomic mass is 10.0. The van der Waals surface area contributed by atoms with Gasteiger partial charge < -0.3 is 9.88 Å². The van der Waals surface area contributed by atoms with Crippen LogP contribution in [0.25, 0.3) is 6.08 Å². The summed E-state index contributed by atoms with van der Waals surface area (Å²) in [5, 5.41) is 12.1. The molecule has 4 heteroatoms. The average molecular weight is 307 g/mol. The fraction of sp³-hybridized carbons (Fsp3) is 0.263. The molecule has 118 valence electrons. The minimum Gasteiger partial charge on any atom is -0.351 e. The van der Waals surface area contributed by atoms with Crippen LogP contribution in [0.1, 0.15) is 36.7 Å². The molecule has 0 saturated carbocycles. The largest absolute Gasteiger partial charge is 0.351 e. The molecule has 0 aliphatic carbocycles. The second-order valence-corrected chi connectivity index (χ2v) is 5.50. The van der Waals surface area contributed by atoms with Gasteiger partial charge in [0.1, 0.15) is 11.6 Å². The van der Waals surface area contributed by atoms with Crippen LogP contribution in [0.5, 0.6) is 0 Å². The monoisotopic (exact) mass is 307 g/mol. The number of nitrogens with one attached hydrogen (secondary N) is 1. The molecule has 0 radical (unpaired) electrons. The Balaban J connectivity index is 2.11. The Morgan fingerprint density at radius 3 is 2.57 bits per heavy atom.